The third kappa shape index (κ3) is 4.18. The molecular formula is C20H28BF2NO4. The predicted molar refractivity (Wildman–Crippen MR) is 103 cm³/mol. The molecule has 2 saturated heterocycles. The number of piperidine rings is 1. The number of methoxy groups -OCH3 is 1. The summed E-state index contributed by atoms with van der Waals surface area (Å²) < 4.78 is 44.9. The van der Waals surface area contributed by atoms with Crippen LogP contribution in [0.4, 0.5) is 8.78 Å². The number of carbonyl (C=O) groups excluding carboxylic acids is 1. The van der Waals surface area contributed by atoms with E-state index in [4.69, 9.17) is 14.0 Å². The fraction of sp³-hybridized carbons (Fsp3) is 0.650. The number of carbonyl (C=O) groups is 1. The maximum Gasteiger partial charge on any atom is 0.498 e. The van der Waals surface area contributed by atoms with Crippen LogP contribution >= 0.6 is 0 Å². The minimum atomic E-state index is -2.80. The van der Waals surface area contributed by atoms with E-state index in [2.05, 4.69) is 0 Å². The molecule has 2 aliphatic rings. The standard InChI is InChI=1S/C20H28BF2NO4/c1-18(2)19(3,4)28-21(27-18)15-11-14(7-8-16(15)26-5)12-17(25)24-10-6-9-20(22,23)13-24/h7-8,11H,6,9-10,12-13H2,1-5H3. The van der Waals surface area contributed by atoms with Crippen LogP contribution in [0.15, 0.2) is 18.2 Å². The highest BCUT2D eigenvalue weighted by Gasteiger charge is 2.52. The van der Waals surface area contributed by atoms with Gasteiger partial charge in [-0.05, 0) is 45.7 Å². The van der Waals surface area contributed by atoms with Crippen LogP contribution in [0.25, 0.3) is 0 Å². The molecular weight excluding hydrogens is 367 g/mol. The summed E-state index contributed by atoms with van der Waals surface area (Å²) in [5.74, 6) is -2.51. The largest absolute Gasteiger partial charge is 0.498 e. The summed E-state index contributed by atoms with van der Waals surface area (Å²) in [4.78, 5) is 13.8. The topological polar surface area (TPSA) is 48.0 Å². The van der Waals surface area contributed by atoms with Gasteiger partial charge in [-0.2, -0.15) is 0 Å². The van der Waals surface area contributed by atoms with Crippen molar-refractivity contribution in [3.8, 4) is 5.75 Å². The molecule has 1 aromatic rings. The van der Waals surface area contributed by atoms with Gasteiger partial charge in [-0.3, -0.25) is 4.79 Å². The highest BCUT2D eigenvalue weighted by molar-refractivity contribution is 6.63. The van der Waals surface area contributed by atoms with E-state index in [1.54, 1.807) is 25.3 Å². The molecule has 2 heterocycles. The van der Waals surface area contributed by atoms with E-state index in [-0.39, 0.29) is 18.7 Å². The SMILES string of the molecule is COc1ccc(CC(=O)N2CCCC(F)(F)C2)cc1B1OC(C)(C)C(C)(C)O1. The fourth-order valence-electron chi connectivity index (χ4n) is 3.51. The number of alkyl halides is 2. The van der Waals surface area contributed by atoms with Crippen molar-refractivity contribution in [3.05, 3.63) is 23.8 Å². The van der Waals surface area contributed by atoms with Gasteiger partial charge < -0.3 is 18.9 Å². The zero-order valence-corrected chi connectivity index (χ0v) is 17.2. The Morgan fingerprint density at radius 2 is 1.86 bits per heavy atom. The first-order valence-electron chi connectivity index (χ1n) is 9.62. The van der Waals surface area contributed by atoms with Crippen molar-refractivity contribution in [2.24, 2.45) is 0 Å². The Balaban J connectivity index is 1.79. The first-order chi connectivity index (χ1) is 12.9. The van der Waals surface area contributed by atoms with Gasteiger partial charge in [0.15, 0.2) is 0 Å². The molecule has 1 amide bonds. The molecule has 154 valence electrons. The van der Waals surface area contributed by atoms with Crippen LogP contribution in [0.2, 0.25) is 0 Å². The van der Waals surface area contributed by atoms with Gasteiger partial charge in [0, 0.05) is 18.4 Å². The smallest absolute Gasteiger partial charge is 0.497 e. The van der Waals surface area contributed by atoms with Gasteiger partial charge in [0.05, 0.1) is 31.3 Å². The number of nitrogens with zero attached hydrogens (tertiary/aromatic N) is 1. The predicted octanol–water partition coefficient (Wildman–Crippen LogP) is 2.79. The van der Waals surface area contributed by atoms with Gasteiger partial charge in [-0.25, -0.2) is 8.78 Å². The number of hydrogen-bond acceptors (Lipinski definition) is 4. The lowest BCUT2D eigenvalue weighted by molar-refractivity contribution is -0.140. The van der Waals surface area contributed by atoms with Crippen LogP contribution in [-0.4, -0.2) is 55.2 Å². The van der Waals surface area contributed by atoms with Gasteiger partial charge >= 0.3 is 7.12 Å². The van der Waals surface area contributed by atoms with Crippen LogP contribution in [0.3, 0.4) is 0 Å². The molecule has 2 fully saturated rings. The summed E-state index contributed by atoms with van der Waals surface area (Å²) in [6, 6.07) is 5.34. The third-order valence-electron chi connectivity index (χ3n) is 5.90. The zero-order chi connectivity index (χ0) is 20.7. The molecule has 5 nitrogen and oxygen atoms in total. The van der Waals surface area contributed by atoms with E-state index < -0.39 is 30.8 Å². The fourth-order valence-corrected chi connectivity index (χ4v) is 3.51. The second kappa shape index (κ2) is 7.30. The van der Waals surface area contributed by atoms with Crippen molar-refractivity contribution < 1.29 is 27.6 Å². The quantitative estimate of drug-likeness (QED) is 0.736. The zero-order valence-electron chi connectivity index (χ0n) is 17.2. The Morgan fingerprint density at radius 1 is 1.21 bits per heavy atom. The minimum Gasteiger partial charge on any atom is -0.497 e. The normalized spacial score (nSPS) is 23.0. The van der Waals surface area contributed by atoms with Gasteiger partial charge in [-0.15, -0.1) is 0 Å². The average Bonchev–Trinajstić information content (AvgIpc) is 2.81. The minimum absolute atomic E-state index is 0.0482. The summed E-state index contributed by atoms with van der Waals surface area (Å²) in [5, 5.41) is 0. The van der Waals surface area contributed by atoms with Gasteiger partial charge in [-0.1, -0.05) is 12.1 Å². The molecule has 0 saturated carbocycles. The maximum absolute atomic E-state index is 13.6. The van der Waals surface area contributed by atoms with Crippen LogP contribution in [0, 0.1) is 0 Å². The molecule has 0 bridgehead atoms. The summed E-state index contributed by atoms with van der Waals surface area (Å²) in [6.07, 6.45) is 0.207. The second-order valence-corrected chi connectivity index (χ2v) is 8.62. The third-order valence-corrected chi connectivity index (χ3v) is 5.90. The van der Waals surface area contributed by atoms with Crippen molar-refractivity contribution in [2.75, 3.05) is 20.2 Å². The number of hydrogen-bond donors (Lipinski definition) is 0. The maximum atomic E-state index is 13.6. The monoisotopic (exact) mass is 395 g/mol. The van der Waals surface area contributed by atoms with Gasteiger partial charge in [0.2, 0.25) is 5.91 Å². The number of benzene rings is 1. The molecule has 0 aliphatic carbocycles. The summed E-state index contributed by atoms with van der Waals surface area (Å²) in [6.45, 7) is 7.71. The molecule has 2 aliphatic heterocycles. The lowest BCUT2D eigenvalue weighted by Gasteiger charge is -2.32. The Labute approximate surface area is 165 Å². The van der Waals surface area contributed by atoms with Crippen molar-refractivity contribution >= 4 is 18.5 Å². The molecule has 0 spiro atoms. The van der Waals surface area contributed by atoms with E-state index in [0.717, 1.165) is 0 Å². The van der Waals surface area contributed by atoms with Crippen LogP contribution in [0.1, 0.15) is 46.1 Å². The van der Waals surface area contributed by atoms with E-state index in [9.17, 15) is 13.6 Å². The Morgan fingerprint density at radius 3 is 2.43 bits per heavy atom. The van der Waals surface area contributed by atoms with Crippen LogP contribution in [-0.2, 0) is 20.5 Å². The van der Waals surface area contributed by atoms with Gasteiger partial charge in [0.25, 0.3) is 5.92 Å². The van der Waals surface area contributed by atoms with E-state index in [1.165, 1.54) is 4.90 Å². The van der Waals surface area contributed by atoms with Crippen molar-refractivity contribution in [3.63, 3.8) is 0 Å². The molecule has 0 atom stereocenters. The highest BCUT2D eigenvalue weighted by atomic mass is 19.3. The molecule has 0 unspecified atom stereocenters. The Kier molecular flexibility index (Phi) is 5.49. The lowest BCUT2D eigenvalue weighted by Crippen LogP contribution is -2.46. The van der Waals surface area contributed by atoms with E-state index in [1.807, 2.05) is 27.7 Å². The first-order valence-corrected chi connectivity index (χ1v) is 9.62. The first kappa shape index (κ1) is 21.1. The summed E-state index contributed by atoms with van der Waals surface area (Å²) >= 11 is 0. The average molecular weight is 395 g/mol. The summed E-state index contributed by atoms with van der Waals surface area (Å²) in [5.41, 5.74) is 0.390. The number of rotatable bonds is 4. The Bertz CT molecular complexity index is 738. The number of halogens is 2. The number of ether oxygens (including phenoxy) is 1. The van der Waals surface area contributed by atoms with Crippen LogP contribution in [0.5, 0.6) is 5.75 Å². The number of amides is 1. The molecule has 0 aromatic heterocycles. The molecule has 3 rings (SSSR count). The molecule has 28 heavy (non-hydrogen) atoms. The van der Waals surface area contributed by atoms with Crippen LogP contribution < -0.4 is 10.2 Å². The molecule has 1 aromatic carbocycles. The Hall–Kier alpha value is -1.67. The van der Waals surface area contributed by atoms with Crippen molar-refractivity contribution in [1.29, 1.82) is 0 Å². The van der Waals surface area contributed by atoms with Gasteiger partial charge in [0.1, 0.15) is 5.75 Å². The molecule has 0 N–H and O–H groups in total. The molecule has 8 heteroatoms. The van der Waals surface area contributed by atoms with Crippen molar-refractivity contribution in [1.82, 2.24) is 4.90 Å². The van der Waals surface area contributed by atoms with E-state index in [0.29, 0.717) is 29.7 Å². The van der Waals surface area contributed by atoms with Crippen molar-refractivity contribution in [2.45, 2.75) is 64.1 Å². The number of likely N-dealkylation sites (tertiary alicyclic amines) is 1. The lowest BCUT2D eigenvalue weighted by atomic mass is 9.77. The summed E-state index contributed by atoms with van der Waals surface area (Å²) in [7, 11) is 0.930. The highest BCUT2D eigenvalue weighted by Crippen LogP contribution is 2.37. The second-order valence-electron chi connectivity index (χ2n) is 8.62. The molecule has 0 radical (unpaired) electrons. The van der Waals surface area contributed by atoms with E-state index >= 15 is 0 Å².